The van der Waals surface area contributed by atoms with Gasteiger partial charge in [0.05, 0.1) is 5.52 Å². The number of nitrogens with zero attached hydrogens (tertiary/aromatic N) is 2. The number of pyridine rings is 1. The highest BCUT2D eigenvalue weighted by molar-refractivity contribution is 5.95. The second-order valence-electron chi connectivity index (χ2n) is 6.38. The van der Waals surface area contributed by atoms with Crippen molar-refractivity contribution in [3.05, 3.63) is 39.7 Å². The summed E-state index contributed by atoms with van der Waals surface area (Å²) in [6.45, 7) is 5.73. The fourth-order valence-electron chi connectivity index (χ4n) is 3.82. The summed E-state index contributed by atoms with van der Waals surface area (Å²) in [5.74, 6) is -1.16. The van der Waals surface area contributed by atoms with E-state index in [9.17, 15) is 14.7 Å². The number of carboxylic acids is 1. The fourth-order valence-corrected chi connectivity index (χ4v) is 3.82. The average Bonchev–Trinajstić information content (AvgIpc) is 2.95. The molecule has 2 N–H and O–H groups in total. The van der Waals surface area contributed by atoms with Gasteiger partial charge < -0.3 is 19.9 Å². The highest BCUT2D eigenvalue weighted by atomic mass is 16.4. The summed E-state index contributed by atoms with van der Waals surface area (Å²) < 4.78 is 1.92. The van der Waals surface area contributed by atoms with E-state index in [1.807, 2.05) is 10.6 Å². The summed E-state index contributed by atoms with van der Waals surface area (Å²) in [4.78, 5) is 26.1. The van der Waals surface area contributed by atoms with Gasteiger partial charge in [0.15, 0.2) is 0 Å². The Morgan fingerprint density at radius 1 is 1.35 bits per heavy atom. The number of benzene rings is 1. The van der Waals surface area contributed by atoms with Crippen LogP contribution in [0.5, 0.6) is 0 Å². The van der Waals surface area contributed by atoms with E-state index >= 15 is 0 Å². The molecule has 3 heterocycles. The molecule has 1 saturated heterocycles. The number of anilines is 1. The second kappa shape index (κ2) is 5.09. The number of rotatable bonds is 2. The lowest BCUT2D eigenvalue weighted by atomic mass is 10.0. The van der Waals surface area contributed by atoms with Gasteiger partial charge in [-0.25, -0.2) is 4.79 Å². The predicted molar refractivity (Wildman–Crippen MR) is 88.5 cm³/mol. The summed E-state index contributed by atoms with van der Waals surface area (Å²) in [7, 11) is 0. The molecule has 0 radical (unpaired) electrons. The molecule has 120 valence electrons. The highest BCUT2D eigenvalue weighted by Crippen LogP contribution is 2.33. The molecule has 2 aromatic rings. The maximum atomic E-state index is 12.4. The van der Waals surface area contributed by atoms with Gasteiger partial charge >= 0.3 is 5.97 Å². The Balaban J connectivity index is 1.91. The van der Waals surface area contributed by atoms with E-state index in [-0.39, 0.29) is 11.0 Å². The molecular formula is C17H19N3O3. The Morgan fingerprint density at radius 2 is 2.17 bits per heavy atom. The molecule has 6 heteroatoms. The number of aromatic carboxylic acids is 1. The molecule has 0 bridgehead atoms. The Morgan fingerprint density at radius 3 is 2.91 bits per heavy atom. The minimum absolute atomic E-state index is 0.145. The normalized spacial score (nSPS) is 20.2. The van der Waals surface area contributed by atoms with Crippen molar-refractivity contribution in [2.24, 2.45) is 0 Å². The van der Waals surface area contributed by atoms with Crippen molar-refractivity contribution >= 4 is 22.6 Å². The molecule has 23 heavy (non-hydrogen) atoms. The third-order valence-corrected chi connectivity index (χ3v) is 4.86. The standard InChI is InChI=1S/C17H19N3O3/c1-10-8-19(7-5-18-10)14-3-2-12-15-11(14)4-6-20(15)9-13(16(12)21)17(22)23/h2-3,9-10,18H,4-8H2,1H3,(H,22,23). The summed E-state index contributed by atoms with van der Waals surface area (Å²) in [6.07, 6.45) is 2.33. The van der Waals surface area contributed by atoms with Crippen molar-refractivity contribution in [3.63, 3.8) is 0 Å². The smallest absolute Gasteiger partial charge is 0.341 e. The predicted octanol–water partition coefficient (Wildman–Crippen LogP) is 1.05. The van der Waals surface area contributed by atoms with E-state index < -0.39 is 5.97 Å². The van der Waals surface area contributed by atoms with Crippen molar-refractivity contribution in [1.29, 1.82) is 0 Å². The summed E-state index contributed by atoms with van der Waals surface area (Å²) in [5.41, 5.74) is 2.73. The summed E-state index contributed by atoms with van der Waals surface area (Å²) in [5, 5.41) is 13.2. The zero-order valence-corrected chi connectivity index (χ0v) is 13.0. The Kier molecular flexibility index (Phi) is 3.16. The van der Waals surface area contributed by atoms with Crippen LogP contribution < -0.4 is 15.6 Å². The summed E-state index contributed by atoms with van der Waals surface area (Å²) in [6, 6.07) is 4.21. The van der Waals surface area contributed by atoms with E-state index in [4.69, 9.17) is 0 Å². The van der Waals surface area contributed by atoms with E-state index in [0.29, 0.717) is 11.4 Å². The van der Waals surface area contributed by atoms with Crippen LogP contribution in [0, 0.1) is 0 Å². The van der Waals surface area contributed by atoms with E-state index in [1.165, 1.54) is 17.4 Å². The van der Waals surface area contributed by atoms with Crippen LogP contribution in [0.15, 0.2) is 23.1 Å². The Labute approximate surface area is 133 Å². The molecule has 0 aliphatic carbocycles. The highest BCUT2D eigenvalue weighted by Gasteiger charge is 2.25. The van der Waals surface area contributed by atoms with Crippen LogP contribution >= 0.6 is 0 Å². The number of carbonyl (C=O) groups is 1. The van der Waals surface area contributed by atoms with Gasteiger partial charge in [-0.05, 0) is 25.5 Å². The number of hydrogen-bond donors (Lipinski definition) is 2. The van der Waals surface area contributed by atoms with Gasteiger partial charge in [-0.3, -0.25) is 4.79 Å². The number of carboxylic acid groups (broad SMARTS) is 1. The van der Waals surface area contributed by atoms with Crippen molar-refractivity contribution in [2.75, 3.05) is 24.5 Å². The molecule has 1 fully saturated rings. The van der Waals surface area contributed by atoms with Crippen molar-refractivity contribution in [1.82, 2.24) is 9.88 Å². The third kappa shape index (κ3) is 2.13. The molecule has 0 amide bonds. The maximum absolute atomic E-state index is 12.4. The molecular weight excluding hydrogens is 294 g/mol. The first kappa shape index (κ1) is 14.3. The fraction of sp³-hybridized carbons (Fsp3) is 0.412. The molecule has 0 saturated carbocycles. The van der Waals surface area contributed by atoms with Gasteiger partial charge in [-0.15, -0.1) is 0 Å². The minimum Gasteiger partial charge on any atom is -0.477 e. The van der Waals surface area contributed by atoms with Crippen molar-refractivity contribution in [3.8, 4) is 0 Å². The number of aryl methyl sites for hydroxylation is 2. The average molecular weight is 313 g/mol. The molecule has 6 nitrogen and oxygen atoms in total. The molecule has 2 aliphatic heterocycles. The van der Waals surface area contributed by atoms with Crippen LogP contribution in [0.2, 0.25) is 0 Å². The maximum Gasteiger partial charge on any atom is 0.341 e. The first-order valence-corrected chi connectivity index (χ1v) is 7.97. The van der Waals surface area contributed by atoms with Gasteiger partial charge in [0.25, 0.3) is 0 Å². The van der Waals surface area contributed by atoms with Gasteiger partial charge in [-0.2, -0.15) is 0 Å². The van der Waals surface area contributed by atoms with E-state index in [2.05, 4.69) is 17.1 Å². The van der Waals surface area contributed by atoms with Crippen LogP contribution in [0.3, 0.4) is 0 Å². The van der Waals surface area contributed by atoms with Crippen LogP contribution in [0.1, 0.15) is 22.8 Å². The lowest BCUT2D eigenvalue weighted by Crippen LogP contribution is -2.49. The minimum atomic E-state index is -1.16. The van der Waals surface area contributed by atoms with Crippen molar-refractivity contribution < 1.29 is 9.90 Å². The SMILES string of the molecule is CC1CN(c2ccc3c(=O)c(C(=O)O)cn4c3c2CC4)CCN1. The topological polar surface area (TPSA) is 74.6 Å². The first-order chi connectivity index (χ1) is 11.1. The molecule has 2 aliphatic rings. The zero-order chi connectivity index (χ0) is 16.1. The number of nitrogens with one attached hydrogen (secondary N) is 1. The van der Waals surface area contributed by atoms with Gasteiger partial charge in [-0.1, -0.05) is 0 Å². The summed E-state index contributed by atoms with van der Waals surface area (Å²) >= 11 is 0. The van der Waals surface area contributed by atoms with Gasteiger partial charge in [0.1, 0.15) is 5.56 Å². The second-order valence-corrected chi connectivity index (χ2v) is 6.38. The molecule has 1 aromatic heterocycles. The van der Waals surface area contributed by atoms with Crippen LogP contribution in [-0.4, -0.2) is 41.3 Å². The van der Waals surface area contributed by atoms with Crippen LogP contribution in [0.25, 0.3) is 10.9 Å². The zero-order valence-electron chi connectivity index (χ0n) is 13.0. The molecule has 1 aromatic carbocycles. The van der Waals surface area contributed by atoms with Crippen molar-refractivity contribution in [2.45, 2.75) is 25.9 Å². The van der Waals surface area contributed by atoms with E-state index in [0.717, 1.165) is 38.1 Å². The lowest BCUT2D eigenvalue weighted by Gasteiger charge is -2.34. The monoisotopic (exact) mass is 313 g/mol. The largest absolute Gasteiger partial charge is 0.477 e. The van der Waals surface area contributed by atoms with Crippen LogP contribution in [-0.2, 0) is 13.0 Å². The molecule has 0 spiro atoms. The molecule has 4 rings (SSSR count). The molecule has 1 unspecified atom stereocenters. The molecule has 1 atom stereocenters. The Hall–Kier alpha value is -2.34. The quantitative estimate of drug-likeness (QED) is 0.867. The number of hydrogen-bond acceptors (Lipinski definition) is 4. The van der Waals surface area contributed by atoms with E-state index in [1.54, 1.807) is 6.07 Å². The van der Waals surface area contributed by atoms with Gasteiger partial charge in [0, 0.05) is 55.1 Å². The Bertz CT molecular complexity index is 871. The number of piperazine rings is 1. The first-order valence-electron chi connectivity index (χ1n) is 7.97. The van der Waals surface area contributed by atoms with Crippen LogP contribution in [0.4, 0.5) is 5.69 Å². The number of aromatic nitrogens is 1. The lowest BCUT2D eigenvalue weighted by molar-refractivity contribution is 0.0695. The van der Waals surface area contributed by atoms with Gasteiger partial charge in [0.2, 0.25) is 5.43 Å². The third-order valence-electron chi connectivity index (χ3n) is 4.86.